The van der Waals surface area contributed by atoms with Gasteiger partial charge >= 0.3 is 13.7 Å². The highest BCUT2D eigenvalue weighted by molar-refractivity contribution is 7.62. The molecule has 1 aromatic heterocycles. The summed E-state index contributed by atoms with van der Waals surface area (Å²) in [6.07, 6.45) is 3.49. The summed E-state index contributed by atoms with van der Waals surface area (Å²) in [7, 11) is -1.65. The quantitative estimate of drug-likeness (QED) is 0.240. The Morgan fingerprint density at radius 3 is 2.32 bits per heavy atom. The van der Waals surface area contributed by atoms with Crippen LogP contribution in [-0.4, -0.2) is 48.0 Å². The molecule has 9 heteroatoms. The number of carbonyl (C=O) groups is 1. The number of fused-ring (bicyclic) bond motifs is 1. The van der Waals surface area contributed by atoms with Crippen LogP contribution in [0.4, 0.5) is 4.79 Å². The standard InChI is InChI=1S/C32H45N2O6P/c1-9-38-41(36,39-10-2)25-13-11-24(12-14-25)28-19-22(3)15-17-33(28)21-27-26-16-18-34(31(35)40-32(5,6)7)30(26)23(4)20-29(27)37-8/h11-14,16,18,20,22,28H,9-10,15,17,19,21H2,1-8H3. The summed E-state index contributed by atoms with van der Waals surface area (Å²) in [5, 5.41) is 1.56. The normalized spacial score (nSPS) is 18.5. The van der Waals surface area contributed by atoms with Crippen molar-refractivity contribution in [3.8, 4) is 5.75 Å². The molecular weight excluding hydrogens is 539 g/mol. The van der Waals surface area contributed by atoms with Crippen LogP contribution < -0.4 is 10.0 Å². The van der Waals surface area contributed by atoms with Crippen molar-refractivity contribution in [3.05, 3.63) is 59.3 Å². The van der Waals surface area contributed by atoms with E-state index in [1.54, 1.807) is 17.9 Å². The highest BCUT2D eigenvalue weighted by Crippen LogP contribution is 2.47. The molecule has 4 rings (SSSR count). The molecule has 41 heavy (non-hydrogen) atoms. The van der Waals surface area contributed by atoms with E-state index in [-0.39, 0.29) is 6.04 Å². The highest BCUT2D eigenvalue weighted by atomic mass is 31.2. The van der Waals surface area contributed by atoms with Gasteiger partial charge in [-0.05, 0) is 102 Å². The number of rotatable bonds is 9. The van der Waals surface area contributed by atoms with Gasteiger partial charge < -0.3 is 18.5 Å². The molecule has 0 spiro atoms. The monoisotopic (exact) mass is 584 g/mol. The third kappa shape index (κ3) is 6.89. The molecule has 2 heterocycles. The predicted octanol–water partition coefficient (Wildman–Crippen LogP) is 7.61. The van der Waals surface area contributed by atoms with E-state index in [1.807, 2.05) is 65.8 Å². The second-order valence-electron chi connectivity index (χ2n) is 11.8. The number of hydrogen-bond acceptors (Lipinski definition) is 7. The maximum Gasteiger partial charge on any atom is 0.419 e. The van der Waals surface area contributed by atoms with Crippen LogP contribution in [0.15, 0.2) is 42.6 Å². The fourth-order valence-corrected chi connectivity index (χ4v) is 7.27. The van der Waals surface area contributed by atoms with Gasteiger partial charge in [0.15, 0.2) is 0 Å². The highest BCUT2D eigenvalue weighted by Gasteiger charge is 2.31. The second kappa shape index (κ2) is 12.7. The first kappa shape index (κ1) is 31.3. The van der Waals surface area contributed by atoms with E-state index < -0.39 is 19.3 Å². The Morgan fingerprint density at radius 2 is 1.73 bits per heavy atom. The Labute approximate surface area is 244 Å². The number of hydrogen-bond donors (Lipinski definition) is 0. The minimum absolute atomic E-state index is 0.167. The van der Waals surface area contributed by atoms with Gasteiger partial charge in [-0.3, -0.25) is 14.0 Å². The molecule has 2 atom stereocenters. The largest absolute Gasteiger partial charge is 0.496 e. The minimum atomic E-state index is -3.35. The van der Waals surface area contributed by atoms with E-state index in [2.05, 4.69) is 24.0 Å². The van der Waals surface area contributed by atoms with Gasteiger partial charge in [-0.15, -0.1) is 0 Å². The molecule has 224 valence electrons. The third-order valence-corrected chi connectivity index (χ3v) is 9.70. The van der Waals surface area contributed by atoms with Crippen molar-refractivity contribution in [1.82, 2.24) is 9.47 Å². The molecule has 0 amide bonds. The van der Waals surface area contributed by atoms with E-state index >= 15 is 0 Å². The predicted molar refractivity (Wildman–Crippen MR) is 163 cm³/mol. The summed E-state index contributed by atoms with van der Waals surface area (Å²) in [6, 6.07) is 12.0. The van der Waals surface area contributed by atoms with Gasteiger partial charge in [0.1, 0.15) is 11.4 Å². The van der Waals surface area contributed by atoms with Crippen LogP contribution in [0.5, 0.6) is 5.75 Å². The zero-order valence-electron chi connectivity index (χ0n) is 25.7. The molecule has 1 aliphatic rings. The molecule has 1 saturated heterocycles. The summed E-state index contributed by atoms with van der Waals surface area (Å²) in [5.41, 5.74) is 3.40. The lowest BCUT2D eigenvalue weighted by atomic mass is 9.87. The maximum atomic E-state index is 13.3. The van der Waals surface area contributed by atoms with Crippen LogP contribution in [0.1, 0.15) is 77.1 Å². The van der Waals surface area contributed by atoms with Crippen molar-refractivity contribution in [2.24, 2.45) is 5.92 Å². The molecule has 0 aliphatic carbocycles. The Balaban J connectivity index is 1.70. The number of piperidine rings is 1. The fourth-order valence-electron chi connectivity index (χ4n) is 5.71. The van der Waals surface area contributed by atoms with Gasteiger partial charge in [-0.25, -0.2) is 4.79 Å². The number of aromatic nitrogens is 1. The number of ether oxygens (including phenoxy) is 2. The van der Waals surface area contributed by atoms with Gasteiger partial charge in [0, 0.05) is 29.7 Å². The summed E-state index contributed by atoms with van der Waals surface area (Å²) in [5.74, 6) is 1.38. The van der Waals surface area contributed by atoms with Gasteiger partial charge in [0.05, 0.1) is 31.1 Å². The van der Waals surface area contributed by atoms with E-state index in [0.717, 1.165) is 52.7 Å². The number of carbonyl (C=O) groups excluding carboxylic acids is 1. The Bertz CT molecular complexity index is 1400. The molecule has 0 bridgehead atoms. The van der Waals surface area contributed by atoms with Crippen molar-refractivity contribution in [1.29, 1.82) is 0 Å². The zero-order chi connectivity index (χ0) is 29.9. The zero-order valence-corrected chi connectivity index (χ0v) is 26.6. The van der Waals surface area contributed by atoms with Crippen molar-refractivity contribution >= 4 is 29.9 Å². The van der Waals surface area contributed by atoms with E-state index in [0.29, 0.717) is 31.0 Å². The molecule has 0 radical (unpaired) electrons. The lowest BCUT2D eigenvalue weighted by molar-refractivity contribution is 0.0544. The van der Waals surface area contributed by atoms with Crippen molar-refractivity contribution < 1.29 is 27.9 Å². The summed E-state index contributed by atoms with van der Waals surface area (Å²) < 4.78 is 37.6. The number of benzene rings is 2. The number of aryl methyl sites for hydroxylation is 1. The maximum absolute atomic E-state index is 13.3. The number of likely N-dealkylation sites (tertiary alicyclic amines) is 1. The SMILES string of the molecule is CCOP(=O)(OCC)c1ccc(C2CC(C)CCN2Cc2c(OC)cc(C)c3c2ccn3C(=O)OC(C)(C)C)cc1. The lowest BCUT2D eigenvalue weighted by Crippen LogP contribution is -2.36. The van der Waals surface area contributed by atoms with Crippen LogP contribution in [0.3, 0.4) is 0 Å². The second-order valence-corrected chi connectivity index (χ2v) is 13.9. The van der Waals surface area contributed by atoms with Gasteiger partial charge in [0.2, 0.25) is 0 Å². The van der Waals surface area contributed by atoms with Gasteiger partial charge in [-0.2, -0.15) is 0 Å². The number of methoxy groups -OCH3 is 1. The Morgan fingerprint density at radius 1 is 1.07 bits per heavy atom. The van der Waals surface area contributed by atoms with E-state index in [4.69, 9.17) is 18.5 Å². The van der Waals surface area contributed by atoms with E-state index in [1.165, 1.54) is 0 Å². The Kier molecular flexibility index (Phi) is 9.70. The first-order valence-corrected chi connectivity index (χ1v) is 16.1. The smallest absolute Gasteiger partial charge is 0.419 e. The van der Waals surface area contributed by atoms with E-state index in [9.17, 15) is 9.36 Å². The lowest BCUT2D eigenvalue weighted by Gasteiger charge is -2.39. The van der Waals surface area contributed by atoms with Crippen molar-refractivity contribution in [3.63, 3.8) is 0 Å². The molecule has 1 fully saturated rings. The van der Waals surface area contributed by atoms with Crippen LogP contribution in [-0.2, 0) is 24.9 Å². The first-order valence-electron chi connectivity index (χ1n) is 14.5. The minimum Gasteiger partial charge on any atom is -0.496 e. The average molecular weight is 585 g/mol. The molecule has 1 aliphatic heterocycles. The summed E-state index contributed by atoms with van der Waals surface area (Å²) in [6.45, 7) is 15.7. The molecule has 2 aromatic carbocycles. The van der Waals surface area contributed by atoms with Crippen LogP contribution in [0.25, 0.3) is 10.9 Å². The van der Waals surface area contributed by atoms with Crippen molar-refractivity contribution in [2.45, 2.75) is 79.5 Å². The topological polar surface area (TPSA) is 79.2 Å². The fraction of sp³-hybridized carbons (Fsp3) is 0.531. The van der Waals surface area contributed by atoms with Gasteiger partial charge in [-0.1, -0.05) is 19.1 Å². The number of nitrogens with zero attached hydrogens (tertiary/aromatic N) is 2. The molecule has 8 nitrogen and oxygen atoms in total. The van der Waals surface area contributed by atoms with Gasteiger partial charge in [0.25, 0.3) is 0 Å². The molecule has 0 N–H and O–H groups in total. The molecule has 0 saturated carbocycles. The van der Waals surface area contributed by atoms with Crippen molar-refractivity contribution in [2.75, 3.05) is 26.9 Å². The Hall–Kier alpha value is -2.64. The molecule has 3 aromatic rings. The summed E-state index contributed by atoms with van der Waals surface area (Å²) in [4.78, 5) is 15.5. The van der Waals surface area contributed by atoms with Crippen LogP contribution in [0.2, 0.25) is 0 Å². The molecular formula is C32H45N2O6P. The van der Waals surface area contributed by atoms with Crippen LogP contribution in [0, 0.1) is 12.8 Å². The summed E-state index contributed by atoms with van der Waals surface area (Å²) >= 11 is 0. The third-order valence-electron chi connectivity index (χ3n) is 7.57. The molecule has 2 unspecified atom stereocenters. The van der Waals surface area contributed by atoms with Crippen LogP contribution >= 0.6 is 7.60 Å². The average Bonchev–Trinajstić information content (AvgIpc) is 3.37. The first-order chi connectivity index (χ1) is 19.4.